The molecule has 0 fully saturated rings. The highest BCUT2D eigenvalue weighted by molar-refractivity contribution is 5.79. The first kappa shape index (κ1) is 26.4. The van der Waals surface area contributed by atoms with Crippen LogP contribution in [0, 0.1) is 6.92 Å². The second kappa shape index (κ2) is 12.5. The number of carbonyl (C=O) groups excluding carboxylic acids is 1. The summed E-state index contributed by atoms with van der Waals surface area (Å²) in [5.41, 5.74) is 2.32. The predicted molar refractivity (Wildman–Crippen MR) is 148 cm³/mol. The second-order valence-corrected chi connectivity index (χ2v) is 9.76. The van der Waals surface area contributed by atoms with Crippen LogP contribution in [-0.4, -0.2) is 20.4 Å². The average molecular weight is 500 g/mol. The van der Waals surface area contributed by atoms with E-state index in [1.165, 1.54) is 19.3 Å². The molecule has 0 bridgehead atoms. The Labute approximate surface area is 218 Å². The Bertz CT molecular complexity index is 1360. The summed E-state index contributed by atoms with van der Waals surface area (Å²) in [4.78, 5) is 34.1. The molecular weight excluding hydrogens is 462 g/mol. The van der Waals surface area contributed by atoms with Gasteiger partial charge in [-0.25, -0.2) is 4.98 Å². The van der Waals surface area contributed by atoms with E-state index >= 15 is 0 Å². The van der Waals surface area contributed by atoms with Crippen LogP contribution in [0.4, 0.5) is 0 Å². The molecule has 2 heterocycles. The summed E-state index contributed by atoms with van der Waals surface area (Å²) in [7, 11) is 0. The lowest BCUT2D eigenvalue weighted by Crippen LogP contribution is -2.37. The van der Waals surface area contributed by atoms with Gasteiger partial charge in [-0.1, -0.05) is 68.9 Å². The van der Waals surface area contributed by atoms with Gasteiger partial charge in [0.05, 0.1) is 35.4 Å². The van der Waals surface area contributed by atoms with Crippen molar-refractivity contribution < 1.29 is 9.21 Å². The fourth-order valence-electron chi connectivity index (χ4n) is 4.72. The molecule has 6 nitrogen and oxygen atoms in total. The van der Waals surface area contributed by atoms with E-state index in [1.54, 1.807) is 21.8 Å². The zero-order valence-corrected chi connectivity index (χ0v) is 22.2. The summed E-state index contributed by atoms with van der Waals surface area (Å²) in [6.45, 7) is 6.48. The molecule has 1 amide bonds. The van der Waals surface area contributed by atoms with E-state index in [2.05, 4.69) is 6.92 Å². The number of para-hydroxylation sites is 1. The number of hydrogen-bond acceptors (Lipinski definition) is 4. The van der Waals surface area contributed by atoms with Crippen LogP contribution in [0.25, 0.3) is 16.6 Å². The van der Waals surface area contributed by atoms with Crippen molar-refractivity contribution in [1.82, 2.24) is 14.5 Å². The highest BCUT2D eigenvalue weighted by Crippen LogP contribution is 2.26. The van der Waals surface area contributed by atoms with Gasteiger partial charge in [0.1, 0.15) is 11.6 Å². The summed E-state index contributed by atoms with van der Waals surface area (Å²) in [6.07, 6.45) is 8.76. The van der Waals surface area contributed by atoms with Crippen molar-refractivity contribution in [3.8, 4) is 5.69 Å². The Balaban J connectivity index is 1.71. The topological polar surface area (TPSA) is 68.3 Å². The summed E-state index contributed by atoms with van der Waals surface area (Å²) in [5.74, 6) is 1.28. The largest absolute Gasteiger partial charge is 0.467 e. The van der Waals surface area contributed by atoms with Gasteiger partial charge in [-0.15, -0.1) is 0 Å². The summed E-state index contributed by atoms with van der Waals surface area (Å²) in [6, 6.07) is 18.4. The van der Waals surface area contributed by atoms with Crippen LogP contribution in [0.3, 0.4) is 0 Å². The highest BCUT2D eigenvalue weighted by Gasteiger charge is 2.27. The molecule has 0 N–H and O–H groups in total. The van der Waals surface area contributed by atoms with Gasteiger partial charge in [0.2, 0.25) is 5.91 Å². The molecule has 0 aliphatic carbocycles. The maximum absolute atomic E-state index is 13.7. The number of carbonyl (C=O) groups is 1. The van der Waals surface area contributed by atoms with Gasteiger partial charge in [0.15, 0.2) is 0 Å². The number of rotatable bonds is 12. The Morgan fingerprint density at radius 3 is 2.43 bits per heavy atom. The molecule has 0 saturated carbocycles. The lowest BCUT2D eigenvalue weighted by Gasteiger charge is -2.30. The first-order valence-corrected chi connectivity index (χ1v) is 13.4. The van der Waals surface area contributed by atoms with Crippen molar-refractivity contribution in [3.05, 3.63) is 94.4 Å². The second-order valence-electron chi connectivity index (χ2n) is 9.76. The third kappa shape index (κ3) is 6.37. The minimum atomic E-state index is -0.448. The summed E-state index contributed by atoms with van der Waals surface area (Å²) < 4.78 is 7.26. The van der Waals surface area contributed by atoms with Gasteiger partial charge < -0.3 is 9.32 Å². The molecule has 1 atom stereocenters. The summed E-state index contributed by atoms with van der Waals surface area (Å²) in [5, 5.41) is 0.551. The maximum Gasteiger partial charge on any atom is 0.266 e. The van der Waals surface area contributed by atoms with Crippen LogP contribution in [0.15, 0.2) is 76.1 Å². The number of benzene rings is 2. The van der Waals surface area contributed by atoms with E-state index in [4.69, 9.17) is 9.40 Å². The Hall–Kier alpha value is -3.67. The number of fused-ring (bicyclic) bond motifs is 1. The van der Waals surface area contributed by atoms with Crippen molar-refractivity contribution in [1.29, 1.82) is 0 Å². The Morgan fingerprint density at radius 2 is 1.70 bits per heavy atom. The summed E-state index contributed by atoms with van der Waals surface area (Å²) >= 11 is 0. The lowest BCUT2D eigenvalue weighted by atomic mass is 10.1. The average Bonchev–Trinajstić information content (AvgIpc) is 3.43. The molecule has 4 rings (SSSR count). The molecule has 0 aliphatic rings. The number of unbranched alkanes of at least 4 members (excludes halogenated alkanes) is 5. The van der Waals surface area contributed by atoms with Crippen LogP contribution in [-0.2, 0) is 11.3 Å². The van der Waals surface area contributed by atoms with E-state index in [0.717, 1.165) is 30.5 Å². The first-order chi connectivity index (χ1) is 18.0. The van der Waals surface area contributed by atoms with E-state index in [1.807, 2.05) is 68.4 Å². The van der Waals surface area contributed by atoms with Gasteiger partial charge in [0.25, 0.3) is 5.56 Å². The van der Waals surface area contributed by atoms with Crippen molar-refractivity contribution >= 4 is 16.8 Å². The molecule has 4 aromatic rings. The van der Waals surface area contributed by atoms with Gasteiger partial charge in [0, 0.05) is 6.42 Å². The number of furan rings is 1. The van der Waals surface area contributed by atoms with Gasteiger partial charge in [-0.2, -0.15) is 0 Å². The highest BCUT2D eigenvalue weighted by atomic mass is 16.3. The first-order valence-electron chi connectivity index (χ1n) is 13.4. The molecule has 1 unspecified atom stereocenters. The third-order valence-corrected chi connectivity index (χ3v) is 6.91. The van der Waals surface area contributed by atoms with E-state index in [0.29, 0.717) is 35.5 Å². The van der Waals surface area contributed by atoms with Crippen molar-refractivity contribution in [2.45, 2.75) is 78.3 Å². The van der Waals surface area contributed by atoms with Crippen LogP contribution in [0.2, 0.25) is 0 Å². The van der Waals surface area contributed by atoms with Crippen LogP contribution in [0.1, 0.15) is 82.0 Å². The van der Waals surface area contributed by atoms with E-state index in [9.17, 15) is 9.59 Å². The minimum Gasteiger partial charge on any atom is -0.467 e. The van der Waals surface area contributed by atoms with Crippen molar-refractivity contribution in [2.75, 3.05) is 0 Å². The molecule has 6 heteroatoms. The number of amides is 1. The smallest absolute Gasteiger partial charge is 0.266 e. The van der Waals surface area contributed by atoms with Gasteiger partial charge in [-0.05, 0) is 56.7 Å². The standard InChI is InChI=1S/C31H37N3O3/c1-4-5-6-7-8-9-16-29(35)33(22-26-13-12-21-37-26)24(3)30-32-28-15-11-10-14-27(28)31(36)34(30)25-19-17-23(2)18-20-25/h10-15,17-21,24H,4-9,16,22H2,1-3H3. The molecule has 37 heavy (non-hydrogen) atoms. The number of aryl methyl sites for hydroxylation is 1. The zero-order valence-electron chi connectivity index (χ0n) is 22.2. The minimum absolute atomic E-state index is 0.0391. The molecule has 0 radical (unpaired) electrons. The monoisotopic (exact) mass is 499 g/mol. The molecule has 2 aromatic carbocycles. The molecular formula is C31H37N3O3. The maximum atomic E-state index is 13.7. The normalized spacial score (nSPS) is 12.1. The molecule has 2 aromatic heterocycles. The van der Waals surface area contributed by atoms with Crippen LogP contribution >= 0.6 is 0 Å². The lowest BCUT2D eigenvalue weighted by molar-refractivity contribution is -0.134. The molecule has 0 spiro atoms. The molecule has 0 aliphatic heterocycles. The van der Waals surface area contributed by atoms with Crippen LogP contribution < -0.4 is 5.56 Å². The fourth-order valence-corrected chi connectivity index (χ4v) is 4.72. The van der Waals surface area contributed by atoms with E-state index < -0.39 is 6.04 Å². The molecule has 0 saturated heterocycles. The quantitative estimate of drug-likeness (QED) is 0.195. The van der Waals surface area contributed by atoms with E-state index in [-0.39, 0.29) is 11.5 Å². The molecule has 194 valence electrons. The van der Waals surface area contributed by atoms with Crippen molar-refractivity contribution in [3.63, 3.8) is 0 Å². The number of hydrogen-bond donors (Lipinski definition) is 0. The number of nitrogens with zero attached hydrogens (tertiary/aromatic N) is 3. The van der Waals surface area contributed by atoms with Gasteiger partial charge in [-0.3, -0.25) is 14.2 Å². The van der Waals surface area contributed by atoms with Crippen LogP contribution in [0.5, 0.6) is 0 Å². The number of aromatic nitrogens is 2. The fraction of sp³-hybridized carbons (Fsp3) is 0.387. The Morgan fingerprint density at radius 1 is 0.973 bits per heavy atom. The Kier molecular flexibility index (Phi) is 8.94. The third-order valence-electron chi connectivity index (χ3n) is 6.91. The van der Waals surface area contributed by atoms with Crippen molar-refractivity contribution in [2.24, 2.45) is 0 Å². The van der Waals surface area contributed by atoms with Gasteiger partial charge >= 0.3 is 0 Å². The SMILES string of the molecule is CCCCCCCCC(=O)N(Cc1ccco1)C(C)c1nc2ccccc2c(=O)n1-c1ccc(C)cc1. The predicted octanol–water partition coefficient (Wildman–Crippen LogP) is 7.13. The zero-order chi connectivity index (χ0) is 26.2.